The molecule has 0 aromatic heterocycles. The van der Waals surface area contributed by atoms with Gasteiger partial charge in [0.25, 0.3) is 0 Å². The zero-order chi connectivity index (χ0) is 5.82. The highest BCUT2D eigenvalue weighted by Gasteiger charge is 2.02. The zero-order valence-electron chi connectivity index (χ0n) is 4.28. The highest BCUT2D eigenvalue weighted by atomic mass is 14.9. The van der Waals surface area contributed by atoms with Crippen LogP contribution in [-0.2, 0) is 0 Å². The Morgan fingerprint density at radius 2 is 2.62 bits per heavy atom. The summed E-state index contributed by atoms with van der Waals surface area (Å²) in [6, 6.07) is 2.03. The first-order valence-corrected chi connectivity index (χ1v) is 2.35. The summed E-state index contributed by atoms with van der Waals surface area (Å²) in [7, 11) is 0. The average Bonchev–Trinajstić information content (AvgIpc) is 2.19. The third-order valence-electron chi connectivity index (χ3n) is 0.883. The smallest absolute Gasteiger partial charge is 0.110 e. The molecule has 8 heavy (non-hydrogen) atoms. The lowest BCUT2D eigenvalue weighted by Crippen LogP contribution is -1.99. The van der Waals surface area contributed by atoms with E-state index in [0.717, 1.165) is 0 Å². The highest BCUT2D eigenvalue weighted by Crippen LogP contribution is 1.96. The van der Waals surface area contributed by atoms with Crippen molar-refractivity contribution in [1.82, 2.24) is 0 Å². The maximum atomic E-state index is 8.14. The standard InChI is InChI=1S/C5H5N3/c6-2-1-5-3-7-4-8-5/h3-5H,1H2/t5-/m1/s1. The van der Waals surface area contributed by atoms with Gasteiger partial charge < -0.3 is 0 Å². The van der Waals surface area contributed by atoms with Crippen LogP contribution in [0.25, 0.3) is 0 Å². The van der Waals surface area contributed by atoms with E-state index in [2.05, 4.69) is 9.98 Å². The minimum Gasteiger partial charge on any atom is -0.263 e. The molecule has 0 aromatic carbocycles. The molecule has 0 spiro atoms. The first kappa shape index (κ1) is 4.98. The van der Waals surface area contributed by atoms with E-state index < -0.39 is 0 Å². The molecule has 0 aromatic rings. The third-order valence-corrected chi connectivity index (χ3v) is 0.883. The van der Waals surface area contributed by atoms with Gasteiger partial charge in [0.1, 0.15) is 6.34 Å². The van der Waals surface area contributed by atoms with Crippen LogP contribution in [0.2, 0.25) is 0 Å². The number of hydrogen-bond donors (Lipinski definition) is 0. The van der Waals surface area contributed by atoms with Crippen molar-refractivity contribution >= 4 is 12.6 Å². The first-order valence-electron chi connectivity index (χ1n) is 2.35. The van der Waals surface area contributed by atoms with Gasteiger partial charge in [0.05, 0.1) is 18.5 Å². The molecule has 0 amide bonds. The Kier molecular flexibility index (Phi) is 1.38. The molecule has 40 valence electrons. The Hall–Kier alpha value is -1.17. The van der Waals surface area contributed by atoms with E-state index in [9.17, 15) is 0 Å². The Balaban J connectivity index is 2.41. The van der Waals surface area contributed by atoms with Gasteiger partial charge in [0, 0.05) is 6.21 Å². The van der Waals surface area contributed by atoms with E-state index in [1.807, 2.05) is 6.07 Å². The largest absolute Gasteiger partial charge is 0.263 e. The normalized spacial score (nSPS) is 23.6. The second kappa shape index (κ2) is 2.22. The Bertz CT molecular complexity index is 151. The highest BCUT2D eigenvalue weighted by molar-refractivity contribution is 5.82. The average molecular weight is 107 g/mol. The van der Waals surface area contributed by atoms with Gasteiger partial charge in [-0.3, -0.25) is 4.99 Å². The molecule has 0 radical (unpaired) electrons. The van der Waals surface area contributed by atoms with E-state index in [1.54, 1.807) is 6.21 Å². The summed E-state index contributed by atoms with van der Waals surface area (Å²) in [5.74, 6) is 0. The maximum absolute atomic E-state index is 8.14. The molecule has 0 N–H and O–H groups in total. The Morgan fingerprint density at radius 1 is 1.75 bits per heavy atom. The van der Waals surface area contributed by atoms with Crippen molar-refractivity contribution in [2.45, 2.75) is 12.5 Å². The van der Waals surface area contributed by atoms with Crippen molar-refractivity contribution in [3.63, 3.8) is 0 Å². The van der Waals surface area contributed by atoms with Crippen molar-refractivity contribution < 1.29 is 0 Å². The molecule has 0 bridgehead atoms. The second-order valence-corrected chi connectivity index (χ2v) is 1.49. The topological polar surface area (TPSA) is 48.5 Å². The van der Waals surface area contributed by atoms with Gasteiger partial charge in [-0.25, -0.2) is 4.99 Å². The van der Waals surface area contributed by atoms with Crippen LogP contribution < -0.4 is 0 Å². The van der Waals surface area contributed by atoms with Crippen molar-refractivity contribution in [3.8, 4) is 6.07 Å². The monoisotopic (exact) mass is 107 g/mol. The number of rotatable bonds is 1. The van der Waals surface area contributed by atoms with Gasteiger partial charge in [-0.15, -0.1) is 0 Å². The van der Waals surface area contributed by atoms with Gasteiger partial charge in [-0.2, -0.15) is 5.26 Å². The SMILES string of the molecule is N#CC[C@@H]1C=NC=N1. The van der Waals surface area contributed by atoms with Crippen LogP contribution in [0.3, 0.4) is 0 Å². The van der Waals surface area contributed by atoms with E-state index in [-0.39, 0.29) is 6.04 Å². The van der Waals surface area contributed by atoms with Crippen molar-refractivity contribution in [1.29, 1.82) is 5.26 Å². The molecule has 0 saturated heterocycles. The molecular weight excluding hydrogens is 102 g/mol. The second-order valence-electron chi connectivity index (χ2n) is 1.49. The summed E-state index contributed by atoms with van der Waals surface area (Å²) in [6.45, 7) is 0. The van der Waals surface area contributed by atoms with E-state index in [4.69, 9.17) is 5.26 Å². The van der Waals surface area contributed by atoms with Crippen molar-refractivity contribution in [3.05, 3.63) is 0 Å². The molecular formula is C5H5N3. The molecule has 0 saturated carbocycles. The first-order chi connectivity index (χ1) is 3.93. The summed E-state index contributed by atoms with van der Waals surface area (Å²) in [5, 5.41) is 8.14. The maximum Gasteiger partial charge on any atom is 0.110 e. The molecule has 0 unspecified atom stereocenters. The lowest BCUT2D eigenvalue weighted by Gasteiger charge is -1.89. The van der Waals surface area contributed by atoms with Crippen LogP contribution in [0.1, 0.15) is 6.42 Å². The van der Waals surface area contributed by atoms with Crippen LogP contribution >= 0.6 is 0 Å². The van der Waals surface area contributed by atoms with Crippen molar-refractivity contribution in [2.75, 3.05) is 0 Å². The predicted octanol–water partition coefficient (Wildman–Crippen LogP) is 0.381. The quantitative estimate of drug-likeness (QED) is 0.478. The lowest BCUT2D eigenvalue weighted by atomic mass is 10.3. The zero-order valence-corrected chi connectivity index (χ0v) is 4.28. The summed E-state index contributed by atoms with van der Waals surface area (Å²) in [6.07, 6.45) is 3.59. The minimum absolute atomic E-state index is 0.0278. The number of hydrogen-bond acceptors (Lipinski definition) is 3. The van der Waals surface area contributed by atoms with Crippen LogP contribution in [-0.4, -0.2) is 18.6 Å². The summed E-state index contributed by atoms with van der Waals surface area (Å²) < 4.78 is 0. The van der Waals surface area contributed by atoms with Gasteiger partial charge in [0.15, 0.2) is 0 Å². The van der Waals surface area contributed by atoms with Crippen LogP contribution in [0.5, 0.6) is 0 Å². The fourth-order valence-corrected chi connectivity index (χ4v) is 0.499. The van der Waals surface area contributed by atoms with Crippen LogP contribution in [0, 0.1) is 11.3 Å². The molecule has 3 heteroatoms. The number of nitriles is 1. The molecule has 1 heterocycles. The van der Waals surface area contributed by atoms with Gasteiger partial charge >= 0.3 is 0 Å². The lowest BCUT2D eigenvalue weighted by molar-refractivity contribution is 0.922. The van der Waals surface area contributed by atoms with E-state index in [1.165, 1.54) is 6.34 Å². The Labute approximate surface area is 47.4 Å². The van der Waals surface area contributed by atoms with Gasteiger partial charge in [-0.1, -0.05) is 0 Å². The predicted molar refractivity (Wildman–Crippen MR) is 31.0 cm³/mol. The minimum atomic E-state index is 0.0278. The fraction of sp³-hybridized carbons (Fsp3) is 0.400. The molecule has 1 rings (SSSR count). The molecule has 3 nitrogen and oxygen atoms in total. The summed E-state index contributed by atoms with van der Waals surface area (Å²) in [5.41, 5.74) is 0. The van der Waals surface area contributed by atoms with Gasteiger partial charge in [-0.05, 0) is 0 Å². The van der Waals surface area contributed by atoms with Crippen LogP contribution in [0.15, 0.2) is 9.98 Å². The molecule has 1 aliphatic heterocycles. The van der Waals surface area contributed by atoms with Crippen molar-refractivity contribution in [2.24, 2.45) is 9.98 Å². The van der Waals surface area contributed by atoms with Gasteiger partial charge in [0.2, 0.25) is 0 Å². The molecule has 0 aliphatic carbocycles. The summed E-state index contributed by atoms with van der Waals surface area (Å²) in [4.78, 5) is 7.57. The molecule has 0 fully saturated rings. The third kappa shape index (κ3) is 0.909. The summed E-state index contributed by atoms with van der Waals surface area (Å²) >= 11 is 0. The number of nitrogens with zero attached hydrogens (tertiary/aromatic N) is 3. The van der Waals surface area contributed by atoms with Crippen LogP contribution in [0.4, 0.5) is 0 Å². The van der Waals surface area contributed by atoms with E-state index >= 15 is 0 Å². The fourth-order valence-electron chi connectivity index (χ4n) is 0.499. The number of aliphatic imine (C=N–C) groups is 2. The molecule has 1 aliphatic rings. The van der Waals surface area contributed by atoms with E-state index in [0.29, 0.717) is 6.42 Å². The Morgan fingerprint density at radius 3 is 3.12 bits per heavy atom. The molecule has 1 atom stereocenters.